The van der Waals surface area contributed by atoms with Crippen molar-refractivity contribution < 1.29 is 4.79 Å². The van der Waals surface area contributed by atoms with Crippen LogP contribution in [0.25, 0.3) is 0 Å². The van der Waals surface area contributed by atoms with Gasteiger partial charge in [-0.15, -0.1) is 0 Å². The van der Waals surface area contributed by atoms with E-state index < -0.39 is 0 Å². The minimum Gasteiger partial charge on any atom is -0.373 e. The molecule has 5 heteroatoms. The van der Waals surface area contributed by atoms with Crippen molar-refractivity contribution in [1.82, 2.24) is 4.90 Å². The topological polar surface area (TPSA) is 32.3 Å². The summed E-state index contributed by atoms with van der Waals surface area (Å²) in [6.45, 7) is 9.20. The second-order valence-electron chi connectivity index (χ2n) is 4.46. The number of likely N-dealkylation sites (N-methyl/N-ethyl adjacent to an activating group) is 1. The summed E-state index contributed by atoms with van der Waals surface area (Å²) in [5.41, 5.74) is 1.84. The van der Waals surface area contributed by atoms with Gasteiger partial charge in [0.25, 0.3) is 0 Å². The van der Waals surface area contributed by atoms with Crippen LogP contribution in [0.4, 0.5) is 5.69 Å². The van der Waals surface area contributed by atoms with Gasteiger partial charge in [-0.25, -0.2) is 0 Å². The Kier molecular flexibility index (Phi) is 6.14. The third-order valence-corrected chi connectivity index (χ3v) is 4.13. The van der Waals surface area contributed by atoms with Gasteiger partial charge in [-0.3, -0.25) is 4.79 Å². The standard InChI is InChI=1S/C14H20BrClN2O/c1-5-18(6-2)14(19)10(4)17-13-8-12(16)9(3)7-11(13)15/h7-8,10,17H,5-6H2,1-4H3. The molecule has 1 aromatic rings. The molecule has 0 aromatic heterocycles. The van der Waals surface area contributed by atoms with E-state index in [0.717, 1.165) is 28.8 Å². The highest BCUT2D eigenvalue weighted by atomic mass is 79.9. The Morgan fingerprint density at radius 1 is 1.42 bits per heavy atom. The summed E-state index contributed by atoms with van der Waals surface area (Å²) in [6, 6.07) is 3.50. The summed E-state index contributed by atoms with van der Waals surface area (Å²) in [5, 5.41) is 3.89. The lowest BCUT2D eigenvalue weighted by Crippen LogP contribution is -2.41. The highest BCUT2D eigenvalue weighted by Gasteiger charge is 2.18. The number of halogens is 2. The van der Waals surface area contributed by atoms with Gasteiger partial charge in [-0.1, -0.05) is 11.6 Å². The Hall–Kier alpha value is -0.740. The molecule has 0 aliphatic carbocycles. The van der Waals surface area contributed by atoms with Crippen molar-refractivity contribution in [2.45, 2.75) is 33.7 Å². The number of rotatable bonds is 5. The Morgan fingerprint density at radius 2 is 2.00 bits per heavy atom. The molecule has 0 aliphatic rings. The van der Waals surface area contributed by atoms with Crippen molar-refractivity contribution in [3.63, 3.8) is 0 Å². The van der Waals surface area contributed by atoms with E-state index in [-0.39, 0.29) is 11.9 Å². The van der Waals surface area contributed by atoms with Crippen LogP contribution in [-0.4, -0.2) is 29.9 Å². The molecule has 0 bridgehead atoms. The Morgan fingerprint density at radius 3 is 2.53 bits per heavy atom. The zero-order chi connectivity index (χ0) is 14.6. The van der Waals surface area contributed by atoms with Gasteiger partial charge in [0.15, 0.2) is 0 Å². The molecule has 0 spiro atoms. The first kappa shape index (κ1) is 16.3. The summed E-state index contributed by atoms with van der Waals surface area (Å²) >= 11 is 9.59. The number of amides is 1. The smallest absolute Gasteiger partial charge is 0.244 e. The number of aryl methyl sites for hydroxylation is 1. The normalized spacial score (nSPS) is 12.1. The van der Waals surface area contributed by atoms with E-state index >= 15 is 0 Å². The van der Waals surface area contributed by atoms with Crippen LogP contribution in [0.2, 0.25) is 5.02 Å². The van der Waals surface area contributed by atoms with E-state index in [2.05, 4.69) is 21.2 Å². The molecule has 3 nitrogen and oxygen atoms in total. The second kappa shape index (κ2) is 7.15. The number of hydrogen-bond donors (Lipinski definition) is 1. The van der Waals surface area contributed by atoms with Crippen molar-refractivity contribution in [3.8, 4) is 0 Å². The average molecular weight is 348 g/mol. The first-order valence-corrected chi connectivity index (χ1v) is 7.58. The highest BCUT2D eigenvalue weighted by molar-refractivity contribution is 9.10. The molecular formula is C14H20BrClN2O. The predicted molar refractivity (Wildman–Crippen MR) is 84.9 cm³/mol. The Balaban J connectivity index is 2.85. The van der Waals surface area contributed by atoms with Gasteiger partial charge in [-0.05, 0) is 61.3 Å². The molecule has 0 radical (unpaired) electrons. The zero-order valence-corrected chi connectivity index (χ0v) is 14.1. The predicted octanol–water partition coefficient (Wildman–Crippen LogP) is 4.08. The number of anilines is 1. The maximum atomic E-state index is 12.2. The van der Waals surface area contributed by atoms with Crippen molar-refractivity contribution in [3.05, 3.63) is 27.2 Å². The number of carbonyl (C=O) groups is 1. The minimum atomic E-state index is -0.282. The molecule has 0 saturated carbocycles. The van der Waals surface area contributed by atoms with Crippen LogP contribution in [-0.2, 0) is 4.79 Å². The summed E-state index contributed by atoms with van der Waals surface area (Å²) in [5.74, 6) is 0.0913. The molecule has 0 aliphatic heterocycles. The molecule has 106 valence electrons. The van der Waals surface area contributed by atoms with Crippen LogP contribution in [0, 0.1) is 6.92 Å². The molecule has 1 N–H and O–H groups in total. The molecule has 1 amide bonds. The van der Waals surface area contributed by atoms with Gasteiger partial charge in [-0.2, -0.15) is 0 Å². The van der Waals surface area contributed by atoms with E-state index in [1.807, 2.05) is 39.8 Å². The molecule has 1 unspecified atom stereocenters. The van der Waals surface area contributed by atoms with E-state index in [1.165, 1.54) is 0 Å². The third-order valence-electron chi connectivity index (χ3n) is 3.07. The van der Waals surface area contributed by atoms with Gasteiger partial charge in [0.2, 0.25) is 5.91 Å². The largest absolute Gasteiger partial charge is 0.373 e. The highest BCUT2D eigenvalue weighted by Crippen LogP contribution is 2.29. The quantitative estimate of drug-likeness (QED) is 0.870. The molecule has 1 rings (SSSR count). The van der Waals surface area contributed by atoms with Gasteiger partial charge < -0.3 is 10.2 Å². The fraction of sp³-hybridized carbons (Fsp3) is 0.500. The molecule has 0 fully saturated rings. The number of benzene rings is 1. The number of nitrogens with one attached hydrogen (secondary N) is 1. The van der Waals surface area contributed by atoms with Crippen LogP contribution in [0.3, 0.4) is 0 Å². The summed E-state index contributed by atoms with van der Waals surface area (Å²) in [6.07, 6.45) is 0. The zero-order valence-electron chi connectivity index (χ0n) is 11.8. The average Bonchev–Trinajstić information content (AvgIpc) is 2.37. The Bertz CT molecular complexity index is 461. The maximum absolute atomic E-state index is 12.2. The van der Waals surface area contributed by atoms with Crippen molar-refractivity contribution in [1.29, 1.82) is 0 Å². The first-order valence-electron chi connectivity index (χ1n) is 6.41. The van der Waals surface area contributed by atoms with Crippen molar-refractivity contribution >= 4 is 39.1 Å². The van der Waals surface area contributed by atoms with Crippen molar-refractivity contribution in [2.24, 2.45) is 0 Å². The van der Waals surface area contributed by atoms with Crippen molar-refractivity contribution in [2.75, 3.05) is 18.4 Å². The third kappa shape index (κ3) is 4.11. The summed E-state index contributed by atoms with van der Waals surface area (Å²) < 4.78 is 0.911. The molecule has 1 aromatic carbocycles. The Labute approximate surface area is 128 Å². The van der Waals surface area contributed by atoms with Crippen LogP contribution >= 0.6 is 27.5 Å². The monoisotopic (exact) mass is 346 g/mol. The van der Waals surface area contributed by atoms with Crippen LogP contribution in [0.15, 0.2) is 16.6 Å². The van der Waals surface area contributed by atoms with Gasteiger partial charge in [0, 0.05) is 22.6 Å². The molecular weight excluding hydrogens is 328 g/mol. The fourth-order valence-electron chi connectivity index (χ4n) is 1.86. The number of hydrogen-bond acceptors (Lipinski definition) is 2. The van der Waals surface area contributed by atoms with Gasteiger partial charge in [0.05, 0.1) is 5.69 Å². The second-order valence-corrected chi connectivity index (χ2v) is 5.72. The summed E-state index contributed by atoms with van der Waals surface area (Å²) in [7, 11) is 0. The van der Waals surface area contributed by atoms with E-state index in [9.17, 15) is 4.79 Å². The molecule has 19 heavy (non-hydrogen) atoms. The summed E-state index contributed by atoms with van der Waals surface area (Å²) in [4.78, 5) is 14.0. The lowest BCUT2D eigenvalue weighted by molar-refractivity contribution is -0.131. The fourth-order valence-corrected chi connectivity index (χ4v) is 2.60. The lowest BCUT2D eigenvalue weighted by Gasteiger charge is -2.24. The minimum absolute atomic E-state index is 0.0913. The maximum Gasteiger partial charge on any atom is 0.244 e. The van der Waals surface area contributed by atoms with Gasteiger partial charge >= 0.3 is 0 Å². The van der Waals surface area contributed by atoms with E-state index in [1.54, 1.807) is 4.90 Å². The van der Waals surface area contributed by atoms with Gasteiger partial charge in [0.1, 0.15) is 6.04 Å². The number of carbonyl (C=O) groups excluding carboxylic acids is 1. The molecule has 1 atom stereocenters. The van der Waals surface area contributed by atoms with Crippen LogP contribution in [0.1, 0.15) is 26.3 Å². The lowest BCUT2D eigenvalue weighted by atomic mass is 10.2. The SMILES string of the molecule is CCN(CC)C(=O)C(C)Nc1cc(Cl)c(C)cc1Br. The molecule has 0 saturated heterocycles. The van der Waals surface area contributed by atoms with E-state index in [4.69, 9.17) is 11.6 Å². The van der Waals surface area contributed by atoms with E-state index in [0.29, 0.717) is 5.02 Å². The van der Waals surface area contributed by atoms with Crippen LogP contribution < -0.4 is 5.32 Å². The number of nitrogens with zero attached hydrogens (tertiary/aromatic N) is 1. The molecule has 0 heterocycles. The first-order chi connectivity index (χ1) is 8.90. The van der Waals surface area contributed by atoms with Crippen LogP contribution in [0.5, 0.6) is 0 Å².